The third-order valence-corrected chi connectivity index (χ3v) is 5.30. The Morgan fingerprint density at radius 2 is 1.65 bits per heavy atom. The molecule has 3 rings (SSSR count). The van der Waals surface area contributed by atoms with Crippen LogP contribution in [0.5, 0.6) is 5.75 Å². The Kier molecular flexibility index (Phi) is 9.67. The van der Waals surface area contributed by atoms with E-state index < -0.39 is 0 Å². The molecule has 0 fully saturated rings. The first kappa shape index (κ1) is 22.6. The van der Waals surface area contributed by atoms with Crippen LogP contribution in [-0.2, 0) is 13.0 Å². The van der Waals surface area contributed by atoms with Crippen molar-refractivity contribution >= 4 is 5.91 Å². The lowest BCUT2D eigenvalue weighted by atomic mass is 10.1. The minimum atomic E-state index is -0.0289. The van der Waals surface area contributed by atoms with Crippen molar-refractivity contribution in [3.8, 4) is 5.75 Å². The molecule has 1 aromatic heterocycles. The molecule has 0 spiro atoms. The molecule has 0 unspecified atom stereocenters. The maximum atomic E-state index is 12.0. The summed E-state index contributed by atoms with van der Waals surface area (Å²) in [6.45, 7) is 2.45. The van der Waals surface area contributed by atoms with Crippen LogP contribution in [0.1, 0.15) is 54.4 Å². The molecule has 0 radical (unpaired) electrons. The molecular weight excluding hydrogens is 386 g/mol. The van der Waals surface area contributed by atoms with Gasteiger partial charge < -0.3 is 14.6 Å². The van der Waals surface area contributed by atoms with E-state index in [1.54, 1.807) is 0 Å². The second-order valence-corrected chi connectivity index (χ2v) is 7.79. The van der Waals surface area contributed by atoms with Gasteiger partial charge in [-0.05, 0) is 49.1 Å². The van der Waals surface area contributed by atoms with Crippen molar-refractivity contribution in [3.05, 3.63) is 84.4 Å². The number of amides is 1. The Morgan fingerprint density at radius 3 is 2.39 bits per heavy atom. The van der Waals surface area contributed by atoms with Crippen molar-refractivity contribution in [1.82, 2.24) is 14.9 Å². The normalized spacial score (nSPS) is 10.7. The molecule has 1 heterocycles. The summed E-state index contributed by atoms with van der Waals surface area (Å²) in [6.07, 6.45) is 13.9. The van der Waals surface area contributed by atoms with Gasteiger partial charge in [0.1, 0.15) is 5.75 Å². The lowest BCUT2D eigenvalue weighted by molar-refractivity contribution is 0.0954. The van der Waals surface area contributed by atoms with E-state index in [0.29, 0.717) is 12.1 Å². The molecule has 0 aliphatic carbocycles. The predicted octanol–water partition coefficient (Wildman–Crippen LogP) is 5.28. The van der Waals surface area contributed by atoms with Gasteiger partial charge in [-0.15, -0.1) is 0 Å². The largest absolute Gasteiger partial charge is 0.494 e. The number of aryl methyl sites for hydroxylation is 1. The molecule has 1 N–H and O–H groups in total. The Labute approximate surface area is 185 Å². The highest BCUT2D eigenvalue weighted by molar-refractivity contribution is 5.94. The number of nitrogens with one attached hydrogen (secondary N) is 1. The number of carbonyl (C=O) groups is 1. The number of rotatable bonds is 14. The summed E-state index contributed by atoms with van der Waals surface area (Å²) in [5.74, 6) is 0.885. The highest BCUT2D eigenvalue weighted by Gasteiger charge is 2.03. The molecule has 1 amide bonds. The number of aromatic nitrogens is 2. The van der Waals surface area contributed by atoms with Crippen molar-refractivity contribution in [2.75, 3.05) is 13.2 Å². The molecule has 5 heteroatoms. The molecule has 0 saturated heterocycles. The number of unbranched alkanes of at least 4 members (excludes halogenated alkanes) is 5. The van der Waals surface area contributed by atoms with E-state index in [2.05, 4.69) is 27.0 Å². The number of carbonyl (C=O) groups excluding carboxylic acids is 1. The fourth-order valence-corrected chi connectivity index (χ4v) is 3.48. The minimum absolute atomic E-state index is 0.0289. The van der Waals surface area contributed by atoms with Gasteiger partial charge in [0.05, 0.1) is 12.9 Å². The van der Waals surface area contributed by atoms with Gasteiger partial charge in [-0.2, -0.15) is 0 Å². The molecule has 5 nitrogen and oxygen atoms in total. The van der Waals surface area contributed by atoms with Gasteiger partial charge in [0, 0.05) is 31.0 Å². The fraction of sp³-hybridized carbons (Fsp3) is 0.385. The zero-order valence-electron chi connectivity index (χ0n) is 18.2. The van der Waals surface area contributed by atoms with Gasteiger partial charge >= 0.3 is 0 Å². The maximum absolute atomic E-state index is 12.0. The number of imidazole rings is 1. The third-order valence-electron chi connectivity index (χ3n) is 5.30. The van der Waals surface area contributed by atoms with Gasteiger partial charge in [0.25, 0.3) is 5.91 Å². The Balaban J connectivity index is 1.20. The fourth-order valence-electron chi connectivity index (χ4n) is 3.48. The number of benzene rings is 2. The Hall–Kier alpha value is -3.08. The van der Waals surface area contributed by atoms with Gasteiger partial charge in [-0.3, -0.25) is 4.79 Å². The molecule has 0 aliphatic heterocycles. The highest BCUT2D eigenvalue weighted by Crippen LogP contribution is 2.14. The van der Waals surface area contributed by atoms with E-state index in [4.69, 9.17) is 4.74 Å². The number of ether oxygens (including phenoxy) is 1. The Morgan fingerprint density at radius 1 is 0.903 bits per heavy atom. The van der Waals surface area contributed by atoms with Crippen molar-refractivity contribution < 1.29 is 9.53 Å². The smallest absolute Gasteiger partial charge is 0.251 e. The van der Waals surface area contributed by atoms with Crippen LogP contribution in [0.25, 0.3) is 0 Å². The first-order valence-corrected chi connectivity index (χ1v) is 11.3. The van der Waals surface area contributed by atoms with Crippen molar-refractivity contribution in [2.24, 2.45) is 0 Å². The summed E-state index contributed by atoms with van der Waals surface area (Å²) < 4.78 is 8.00. The van der Waals surface area contributed by atoms with Gasteiger partial charge in [-0.25, -0.2) is 4.98 Å². The topological polar surface area (TPSA) is 56.1 Å². The SMILES string of the molecule is O=C(NCCc1ccc(OCCCCCCCCn2ccnc2)cc1)c1ccccc1. The maximum Gasteiger partial charge on any atom is 0.251 e. The first-order chi connectivity index (χ1) is 15.3. The van der Waals surface area contributed by atoms with E-state index in [-0.39, 0.29) is 5.91 Å². The van der Waals surface area contributed by atoms with E-state index in [1.165, 1.54) is 37.7 Å². The van der Waals surface area contributed by atoms with Crippen molar-refractivity contribution in [3.63, 3.8) is 0 Å². The minimum Gasteiger partial charge on any atom is -0.494 e. The zero-order valence-corrected chi connectivity index (χ0v) is 18.2. The Bertz CT molecular complexity index is 861. The van der Waals surface area contributed by atoms with E-state index >= 15 is 0 Å². The second kappa shape index (κ2) is 13.3. The van der Waals surface area contributed by atoms with E-state index in [0.717, 1.165) is 31.7 Å². The first-order valence-electron chi connectivity index (χ1n) is 11.3. The highest BCUT2D eigenvalue weighted by atomic mass is 16.5. The summed E-state index contributed by atoms with van der Waals surface area (Å²) in [5.41, 5.74) is 1.89. The van der Waals surface area contributed by atoms with Gasteiger partial charge in [0.15, 0.2) is 0 Å². The van der Waals surface area contributed by atoms with Crippen LogP contribution in [0.2, 0.25) is 0 Å². The predicted molar refractivity (Wildman–Crippen MR) is 124 cm³/mol. The zero-order chi connectivity index (χ0) is 21.6. The molecule has 3 aromatic rings. The average Bonchev–Trinajstić information content (AvgIpc) is 3.33. The summed E-state index contributed by atoms with van der Waals surface area (Å²) in [7, 11) is 0. The van der Waals surface area contributed by atoms with Crippen LogP contribution in [0.15, 0.2) is 73.3 Å². The number of nitrogens with zero attached hydrogens (tertiary/aromatic N) is 2. The second-order valence-electron chi connectivity index (χ2n) is 7.79. The van der Waals surface area contributed by atoms with Crippen molar-refractivity contribution in [1.29, 1.82) is 0 Å². The van der Waals surface area contributed by atoms with Crippen molar-refractivity contribution in [2.45, 2.75) is 51.5 Å². The molecule has 0 bridgehead atoms. The number of hydrogen-bond donors (Lipinski definition) is 1. The lowest BCUT2D eigenvalue weighted by Gasteiger charge is -2.08. The molecule has 0 aliphatic rings. The summed E-state index contributed by atoms with van der Waals surface area (Å²) >= 11 is 0. The van der Waals surface area contributed by atoms with Crippen LogP contribution < -0.4 is 10.1 Å². The molecule has 2 aromatic carbocycles. The standard InChI is InChI=1S/C26H33N3O2/c30-26(24-10-6-5-7-11-24)28-17-16-23-12-14-25(15-13-23)31-21-9-4-2-1-3-8-19-29-20-18-27-22-29/h5-7,10-15,18,20,22H,1-4,8-9,16-17,19,21H2,(H,28,30). The van der Waals surface area contributed by atoms with Crippen LogP contribution in [0.3, 0.4) is 0 Å². The summed E-state index contributed by atoms with van der Waals surface area (Å²) in [5, 5.41) is 2.96. The monoisotopic (exact) mass is 419 g/mol. The van der Waals surface area contributed by atoms with Crippen LogP contribution in [-0.4, -0.2) is 28.6 Å². The quantitative estimate of drug-likeness (QED) is 0.362. The van der Waals surface area contributed by atoms with Crippen LogP contribution in [0.4, 0.5) is 0 Å². The average molecular weight is 420 g/mol. The van der Waals surface area contributed by atoms with Gasteiger partial charge in [0.2, 0.25) is 0 Å². The van der Waals surface area contributed by atoms with E-state index in [1.807, 2.05) is 61.2 Å². The van der Waals surface area contributed by atoms with Crippen LogP contribution >= 0.6 is 0 Å². The van der Waals surface area contributed by atoms with E-state index in [9.17, 15) is 4.79 Å². The molecule has 0 atom stereocenters. The third kappa shape index (κ3) is 8.67. The molecule has 0 saturated carbocycles. The molecule has 31 heavy (non-hydrogen) atoms. The van der Waals surface area contributed by atoms with Crippen LogP contribution in [0, 0.1) is 0 Å². The molecule has 164 valence electrons. The summed E-state index contributed by atoms with van der Waals surface area (Å²) in [6, 6.07) is 17.5. The van der Waals surface area contributed by atoms with Gasteiger partial charge in [-0.1, -0.05) is 56.0 Å². The molecular formula is C26H33N3O2. The summed E-state index contributed by atoms with van der Waals surface area (Å²) in [4.78, 5) is 16.1. The number of hydrogen-bond acceptors (Lipinski definition) is 3. The lowest BCUT2D eigenvalue weighted by Crippen LogP contribution is -2.25.